The van der Waals surface area contributed by atoms with E-state index in [1.54, 1.807) is 0 Å². The zero-order valence-corrected chi connectivity index (χ0v) is 27.3. The van der Waals surface area contributed by atoms with Crippen LogP contribution in [0.1, 0.15) is 79.9 Å². The zero-order chi connectivity index (χ0) is 24.8. The van der Waals surface area contributed by atoms with Crippen molar-refractivity contribution in [3.8, 4) is 0 Å². The van der Waals surface area contributed by atoms with E-state index in [4.69, 9.17) is 0 Å². The minimum absolute atomic E-state index is 0. The Morgan fingerprint density at radius 3 is 1.49 bits per heavy atom. The molecule has 0 radical (unpaired) electrons. The van der Waals surface area contributed by atoms with Crippen LogP contribution in [0.4, 0.5) is 0 Å². The first-order valence-corrected chi connectivity index (χ1v) is 16.6. The Kier molecular flexibility index (Phi) is 14.6. The Balaban J connectivity index is 0.000000688. The summed E-state index contributed by atoms with van der Waals surface area (Å²) in [7, 11) is 0. The Morgan fingerprint density at radius 2 is 1.26 bits per heavy atom. The van der Waals surface area contributed by atoms with Crippen molar-refractivity contribution in [1.29, 1.82) is 0 Å². The van der Waals surface area contributed by atoms with E-state index in [9.17, 15) is 0 Å². The number of fused-ring (bicyclic) bond motifs is 3. The minimum Gasteiger partial charge on any atom is -0.147 e. The fourth-order valence-corrected chi connectivity index (χ4v) is 4.22. The maximum absolute atomic E-state index is 3.12. The molecule has 0 aliphatic heterocycles. The van der Waals surface area contributed by atoms with Gasteiger partial charge in [-0.25, -0.2) is 11.6 Å². The van der Waals surface area contributed by atoms with Gasteiger partial charge in [0.2, 0.25) is 0 Å². The first kappa shape index (κ1) is 34.3. The minimum atomic E-state index is 0. The van der Waals surface area contributed by atoms with Crippen LogP contribution in [-0.2, 0) is 30.0 Å². The molecule has 0 heterocycles. The predicted molar refractivity (Wildman–Crippen MR) is 162 cm³/mol. The second-order valence-electron chi connectivity index (χ2n) is 11.0. The summed E-state index contributed by atoms with van der Waals surface area (Å²) < 4.78 is 0. The number of rotatable bonds is 2. The summed E-state index contributed by atoms with van der Waals surface area (Å²) in [4.78, 5) is 0. The van der Waals surface area contributed by atoms with Crippen molar-refractivity contribution >= 4 is 52.5 Å². The standard InChI is InChI=1S/C21H25.C6H7.C4H10Si.2ClH.Ti/c1-20(2,3)16-7-9-18-14(12-16)11-15-13-17(21(4,5)6)8-10-19(15)18;1-6-4-2-3-5-6;1-3-5-4-2;;;/h7-13H,1-6H3;2,4H,3H2,1H3;3-4H2,1-2H3;2*1H;/q2*-1;;;;+2. The second-order valence-corrected chi connectivity index (χ2v) is 17.0. The van der Waals surface area contributed by atoms with Gasteiger partial charge in [0.1, 0.15) is 0 Å². The number of benzene rings is 2. The summed E-state index contributed by atoms with van der Waals surface area (Å²) in [5.74, 6) is 0. The van der Waals surface area contributed by atoms with Gasteiger partial charge in [0.25, 0.3) is 0 Å². The molecule has 190 valence electrons. The summed E-state index contributed by atoms with van der Waals surface area (Å²) in [5.41, 5.74) is 4.49. The van der Waals surface area contributed by atoms with Crippen LogP contribution >= 0.6 is 24.8 Å². The van der Waals surface area contributed by atoms with E-state index in [1.807, 2.05) is 0 Å². The summed E-state index contributed by atoms with van der Waals surface area (Å²) in [5, 5.41) is 5.48. The third kappa shape index (κ3) is 10.3. The molecule has 0 spiro atoms. The van der Waals surface area contributed by atoms with Crippen molar-refractivity contribution in [2.24, 2.45) is 0 Å². The van der Waals surface area contributed by atoms with Gasteiger partial charge in [-0.15, -0.1) is 71.0 Å². The van der Waals surface area contributed by atoms with Crippen molar-refractivity contribution in [2.45, 2.75) is 91.7 Å². The fraction of sp³-hybridized carbons (Fsp3) is 0.452. The van der Waals surface area contributed by atoms with Crippen molar-refractivity contribution in [2.75, 3.05) is 0 Å². The van der Waals surface area contributed by atoms with Crippen LogP contribution in [0.2, 0.25) is 12.1 Å². The quantitative estimate of drug-likeness (QED) is 0.215. The largest absolute Gasteiger partial charge is 0.147 e. The number of halogens is 2. The van der Waals surface area contributed by atoms with Crippen LogP contribution in [0.5, 0.6) is 0 Å². The zero-order valence-electron chi connectivity index (χ0n) is 23.1. The molecule has 0 bridgehead atoms. The van der Waals surface area contributed by atoms with Gasteiger partial charge >= 0.3 is 51.3 Å². The molecule has 0 nitrogen and oxygen atoms in total. The molecule has 0 atom stereocenters. The van der Waals surface area contributed by atoms with Gasteiger partial charge in [0, 0.05) is 0 Å². The van der Waals surface area contributed by atoms with Crippen LogP contribution < -0.4 is 0 Å². The van der Waals surface area contributed by atoms with Gasteiger partial charge in [0.05, 0.1) is 0 Å². The van der Waals surface area contributed by atoms with Crippen LogP contribution in [-0.4, -0.2) is 6.19 Å². The molecule has 4 rings (SSSR count). The normalized spacial score (nSPS) is 12.6. The Bertz CT molecular complexity index is 1080. The average Bonchev–Trinajstić information content (AvgIpc) is 3.38. The molecule has 0 N–H and O–H groups in total. The van der Waals surface area contributed by atoms with E-state index in [0.29, 0.717) is 0 Å². The van der Waals surface area contributed by atoms with Gasteiger partial charge in [-0.1, -0.05) is 83.9 Å². The summed E-state index contributed by atoms with van der Waals surface area (Å²) >= 11 is 2.38. The van der Waals surface area contributed by atoms with E-state index in [1.165, 1.54) is 50.3 Å². The summed E-state index contributed by atoms with van der Waals surface area (Å²) in [6.07, 6.45) is 8.47. The van der Waals surface area contributed by atoms with E-state index in [0.717, 1.165) is 6.42 Å². The van der Waals surface area contributed by atoms with Gasteiger partial charge in [-0.2, -0.15) is 6.08 Å². The van der Waals surface area contributed by atoms with Crippen molar-refractivity contribution in [3.05, 3.63) is 77.4 Å². The molecule has 3 aromatic carbocycles. The van der Waals surface area contributed by atoms with E-state index in [-0.39, 0.29) is 41.8 Å². The number of allylic oxidation sites excluding steroid dienone is 4. The van der Waals surface area contributed by atoms with Crippen LogP contribution in [0.15, 0.2) is 60.2 Å². The van der Waals surface area contributed by atoms with Gasteiger partial charge in [-0.05, 0) is 10.8 Å². The van der Waals surface area contributed by atoms with Gasteiger partial charge < -0.3 is 0 Å². The smallest absolute Gasteiger partial charge is 0.147 e. The maximum atomic E-state index is 3.12. The molecule has 1 aliphatic carbocycles. The van der Waals surface area contributed by atoms with Crippen molar-refractivity contribution < 1.29 is 19.2 Å². The second kappa shape index (κ2) is 14.9. The van der Waals surface area contributed by atoms with Crippen LogP contribution in [0, 0.1) is 6.08 Å². The fourth-order valence-electron chi connectivity index (χ4n) is 3.72. The molecular formula is C31H44Cl2SiTi. The predicted octanol–water partition coefficient (Wildman–Crippen LogP) is 10.4. The van der Waals surface area contributed by atoms with Crippen LogP contribution in [0.25, 0.3) is 21.5 Å². The van der Waals surface area contributed by atoms with Crippen molar-refractivity contribution in [3.63, 3.8) is 0 Å². The third-order valence-corrected chi connectivity index (χ3v) is 11.2. The molecule has 0 saturated carbocycles. The molecule has 0 aromatic heterocycles. The molecule has 1 aliphatic rings. The van der Waals surface area contributed by atoms with Gasteiger partial charge in [0.15, 0.2) is 0 Å². The number of hydrogen-bond acceptors (Lipinski definition) is 0. The van der Waals surface area contributed by atoms with Gasteiger partial charge in [-0.3, -0.25) is 6.08 Å². The Hall–Kier alpha value is -0.699. The molecule has 0 amide bonds. The first-order chi connectivity index (χ1) is 15.4. The van der Waals surface area contributed by atoms with E-state index >= 15 is 0 Å². The Morgan fingerprint density at radius 1 is 0.829 bits per heavy atom. The average molecular weight is 564 g/mol. The molecule has 35 heavy (non-hydrogen) atoms. The maximum Gasteiger partial charge on any atom is -0.147 e. The SMILES string of the molecule is CC(C)(C)c1ccc2c(c1)[cH-]c1cc(C(C)(C)C)ccc12.CC1=[C-]CC=C1.CC[Si](=[Ti+2])CC.Cl.Cl. The Labute approximate surface area is 239 Å². The molecule has 0 fully saturated rings. The summed E-state index contributed by atoms with van der Waals surface area (Å²) in [6.45, 7) is 20.2. The summed E-state index contributed by atoms with van der Waals surface area (Å²) in [6, 6.07) is 19.0. The van der Waals surface area contributed by atoms with E-state index < -0.39 is 0 Å². The topological polar surface area (TPSA) is 0 Å². The van der Waals surface area contributed by atoms with Crippen molar-refractivity contribution in [1.82, 2.24) is 0 Å². The first-order valence-electron chi connectivity index (χ1n) is 12.3. The molecule has 0 saturated heterocycles. The van der Waals surface area contributed by atoms with E-state index in [2.05, 4.69) is 142 Å². The molecule has 0 unspecified atom stereocenters. The number of hydrogen-bond donors (Lipinski definition) is 0. The molecular weight excluding hydrogens is 519 g/mol. The molecule has 3 aromatic rings. The monoisotopic (exact) mass is 562 g/mol. The molecule has 4 heteroatoms. The van der Waals surface area contributed by atoms with Crippen LogP contribution in [0.3, 0.4) is 0 Å². The third-order valence-electron chi connectivity index (χ3n) is 6.16.